The molecule has 1 aliphatic heterocycles. The third-order valence-electron chi connectivity index (χ3n) is 3.47. The number of anilines is 1. The van der Waals surface area contributed by atoms with Gasteiger partial charge in [0, 0.05) is 17.7 Å². The van der Waals surface area contributed by atoms with Gasteiger partial charge in [-0.25, -0.2) is 14.3 Å². The second kappa shape index (κ2) is 6.30. The number of carbonyl (C=O) groups excluding carboxylic acids is 1. The van der Waals surface area contributed by atoms with Gasteiger partial charge in [-0.05, 0) is 36.0 Å². The summed E-state index contributed by atoms with van der Waals surface area (Å²) in [6.07, 6.45) is 3.14. The molecule has 8 heteroatoms. The predicted molar refractivity (Wildman–Crippen MR) is 97.0 cm³/mol. The summed E-state index contributed by atoms with van der Waals surface area (Å²) in [5.41, 5.74) is 0.356. The number of thiazole rings is 1. The number of furan rings is 1. The average molecular weight is 371 g/mol. The maximum Gasteiger partial charge on any atom is 0.273 e. The van der Waals surface area contributed by atoms with Crippen LogP contribution in [-0.4, -0.2) is 16.1 Å². The number of aromatic nitrogens is 1. The van der Waals surface area contributed by atoms with Gasteiger partial charge in [-0.2, -0.15) is 0 Å². The van der Waals surface area contributed by atoms with Crippen molar-refractivity contribution in [2.45, 2.75) is 0 Å². The minimum atomic E-state index is -0.376. The van der Waals surface area contributed by atoms with Gasteiger partial charge in [0.05, 0.1) is 10.5 Å². The highest BCUT2D eigenvalue weighted by Crippen LogP contribution is 2.36. The molecular formula is C17H10FN3O2S2. The van der Waals surface area contributed by atoms with Crippen molar-refractivity contribution in [1.29, 1.82) is 5.41 Å². The number of amides is 1. The number of rotatable bonds is 3. The summed E-state index contributed by atoms with van der Waals surface area (Å²) in [7, 11) is 0. The molecule has 0 unspecified atom stereocenters. The molecule has 1 fully saturated rings. The lowest BCUT2D eigenvalue weighted by atomic mass is 10.1. The van der Waals surface area contributed by atoms with Crippen molar-refractivity contribution < 1.29 is 13.6 Å². The Morgan fingerprint density at radius 2 is 2.08 bits per heavy atom. The fourth-order valence-electron chi connectivity index (χ4n) is 2.35. The van der Waals surface area contributed by atoms with E-state index in [4.69, 9.17) is 9.83 Å². The molecule has 1 N–H and O–H groups in total. The van der Waals surface area contributed by atoms with Gasteiger partial charge in [0.2, 0.25) is 0 Å². The molecule has 3 heterocycles. The van der Waals surface area contributed by atoms with Crippen molar-refractivity contribution in [3.05, 3.63) is 64.5 Å². The topological polar surface area (TPSA) is 70.2 Å². The normalized spacial score (nSPS) is 16.2. The van der Waals surface area contributed by atoms with Crippen molar-refractivity contribution in [1.82, 2.24) is 4.98 Å². The Bertz CT molecular complexity index is 995. The molecule has 0 aliphatic carbocycles. The standard InChI is InChI=1S/C17H10FN3O2S2/c18-12-4-2-1-3-11(12)13-6-5-10(23-13)9-14-15(22)21(16(19)25-14)17-20-7-8-24-17/h1-9,19H/b14-9-,19-16?. The lowest BCUT2D eigenvalue weighted by Gasteiger charge is -2.08. The van der Waals surface area contributed by atoms with E-state index in [0.717, 1.165) is 11.8 Å². The quantitative estimate of drug-likeness (QED) is 0.683. The van der Waals surface area contributed by atoms with Crippen LogP contribution in [0, 0.1) is 11.2 Å². The summed E-state index contributed by atoms with van der Waals surface area (Å²) < 4.78 is 19.5. The van der Waals surface area contributed by atoms with Crippen molar-refractivity contribution >= 4 is 45.4 Å². The van der Waals surface area contributed by atoms with Crippen molar-refractivity contribution in [3.63, 3.8) is 0 Å². The Morgan fingerprint density at radius 3 is 2.84 bits per heavy atom. The molecule has 0 spiro atoms. The maximum absolute atomic E-state index is 13.8. The van der Waals surface area contributed by atoms with Crippen LogP contribution < -0.4 is 4.90 Å². The van der Waals surface area contributed by atoms with Gasteiger partial charge in [0.25, 0.3) is 5.91 Å². The number of halogens is 1. The maximum atomic E-state index is 13.8. The molecule has 1 saturated heterocycles. The minimum absolute atomic E-state index is 0.0899. The largest absolute Gasteiger partial charge is 0.457 e. The van der Waals surface area contributed by atoms with Gasteiger partial charge in [-0.3, -0.25) is 10.2 Å². The third-order valence-corrected chi connectivity index (χ3v) is 5.12. The highest BCUT2D eigenvalue weighted by molar-refractivity contribution is 8.19. The number of nitrogens with one attached hydrogen (secondary N) is 1. The average Bonchev–Trinajstić information content (AvgIpc) is 3.31. The van der Waals surface area contributed by atoms with E-state index in [2.05, 4.69) is 4.98 Å². The summed E-state index contributed by atoms with van der Waals surface area (Å²) in [6, 6.07) is 9.64. The van der Waals surface area contributed by atoms with E-state index in [1.807, 2.05) is 0 Å². The smallest absolute Gasteiger partial charge is 0.273 e. The molecule has 0 atom stereocenters. The van der Waals surface area contributed by atoms with Gasteiger partial charge in [-0.1, -0.05) is 12.1 Å². The van der Waals surface area contributed by atoms with Crippen LogP contribution in [-0.2, 0) is 4.79 Å². The van der Waals surface area contributed by atoms with E-state index in [1.54, 1.807) is 48.0 Å². The lowest BCUT2D eigenvalue weighted by Crippen LogP contribution is -2.27. The molecule has 25 heavy (non-hydrogen) atoms. The zero-order valence-corrected chi connectivity index (χ0v) is 14.2. The Hall–Kier alpha value is -2.71. The van der Waals surface area contributed by atoms with E-state index in [1.165, 1.54) is 22.3 Å². The van der Waals surface area contributed by atoms with Crippen LogP contribution >= 0.6 is 23.1 Å². The van der Waals surface area contributed by atoms with Crippen LogP contribution in [0.25, 0.3) is 17.4 Å². The van der Waals surface area contributed by atoms with Crippen molar-refractivity contribution in [2.24, 2.45) is 0 Å². The number of hydrogen-bond donors (Lipinski definition) is 1. The van der Waals surface area contributed by atoms with E-state index in [0.29, 0.717) is 27.1 Å². The molecule has 5 nitrogen and oxygen atoms in total. The molecule has 1 amide bonds. The van der Waals surface area contributed by atoms with E-state index in [9.17, 15) is 9.18 Å². The predicted octanol–water partition coefficient (Wildman–Crippen LogP) is 4.60. The summed E-state index contributed by atoms with van der Waals surface area (Å²) in [6.45, 7) is 0. The molecule has 0 saturated carbocycles. The molecular weight excluding hydrogens is 361 g/mol. The molecule has 1 aromatic carbocycles. The fraction of sp³-hybridized carbons (Fsp3) is 0. The lowest BCUT2D eigenvalue weighted by molar-refractivity contribution is -0.113. The first kappa shape index (κ1) is 15.8. The van der Waals surface area contributed by atoms with Crippen LogP contribution in [0.5, 0.6) is 0 Å². The number of amidine groups is 1. The Balaban J connectivity index is 1.63. The third kappa shape index (κ3) is 2.90. The number of thioether (sulfide) groups is 1. The van der Waals surface area contributed by atoms with Crippen LogP contribution in [0.15, 0.2) is 57.3 Å². The van der Waals surface area contributed by atoms with Gasteiger partial charge in [0.15, 0.2) is 10.3 Å². The van der Waals surface area contributed by atoms with E-state index in [-0.39, 0.29) is 16.9 Å². The highest BCUT2D eigenvalue weighted by Gasteiger charge is 2.35. The number of nitrogens with zero attached hydrogens (tertiary/aromatic N) is 2. The highest BCUT2D eigenvalue weighted by atomic mass is 32.2. The van der Waals surface area contributed by atoms with Crippen LogP contribution in [0.2, 0.25) is 0 Å². The van der Waals surface area contributed by atoms with Crippen LogP contribution in [0.4, 0.5) is 9.52 Å². The summed E-state index contributed by atoms with van der Waals surface area (Å²) in [4.78, 5) is 18.2. The molecule has 0 bridgehead atoms. The number of benzene rings is 1. The van der Waals surface area contributed by atoms with Crippen molar-refractivity contribution in [2.75, 3.05) is 4.90 Å². The van der Waals surface area contributed by atoms with Gasteiger partial charge in [-0.15, -0.1) is 11.3 Å². The Labute approximate surface area is 150 Å². The SMILES string of the molecule is N=C1S/C(=C\c2ccc(-c3ccccc3F)o2)C(=O)N1c1nccs1. The molecule has 2 aromatic heterocycles. The number of carbonyl (C=O) groups is 1. The molecule has 0 radical (unpaired) electrons. The van der Waals surface area contributed by atoms with Crippen LogP contribution in [0.3, 0.4) is 0 Å². The first-order valence-corrected chi connectivity index (χ1v) is 8.90. The fourth-order valence-corrected chi connectivity index (χ4v) is 3.88. The summed E-state index contributed by atoms with van der Waals surface area (Å²) in [5.74, 6) is 0.100. The minimum Gasteiger partial charge on any atom is -0.457 e. The second-order valence-electron chi connectivity index (χ2n) is 5.05. The second-order valence-corrected chi connectivity index (χ2v) is 6.96. The molecule has 1 aliphatic rings. The van der Waals surface area contributed by atoms with Gasteiger partial charge in [0.1, 0.15) is 17.3 Å². The first-order chi connectivity index (χ1) is 12.1. The number of hydrogen-bond acceptors (Lipinski definition) is 6. The Kier molecular flexibility index (Phi) is 3.98. The summed E-state index contributed by atoms with van der Waals surface area (Å²) >= 11 is 2.32. The Morgan fingerprint density at radius 1 is 1.24 bits per heavy atom. The van der Waals surface area contributed by atoms with Crippen molar-refractivity contribution in [3.8, 4) is 11.3 Å². The van der Waals surface area contributed by atoms with Crippen LogP contribution in [0.1, 0.15) is 5.76 Å². The molecule has 3 aromatic rings. The molecule has 124 valence electrons. The zero-order chi connectivity index (χ0) is 17.4. The monoisotopic (exact) mass is 371 g/mol. The summed E-state index contributed by atoms with van der Waals surface area (Å²) in [5, 5.41) is 10.3. The van der Waals surface area contributed by atoms with E-state index < -0.39 is 0 Å². The first-order valence-electron chi connectivity index (χ1n) is 7.20. The van der Waals surface area contributed by atoms with E-state index >= 15 is 0 Å². The molecule has 4 rings (SSSR count). The zero-order valence-electron chi connectivity index (χ0n) is 12.6. The van der Waals surface area contributed by atoms with Gasteiger partial charge < -0.3 is 4.42 Å². The van der Waals surface area contributed by atoms with Gasteiger partial charge >= 0.3 is 0 Å².